The molecule has 1 aromatic heterocycles. The van der Waals surface area contributed by atoms with Crippen LogP contribution in [-0.2, 0) is 5.41 Å². The van der Waals surface area contributed by atoms with E-state index in [0.717, 1.165) is 17.1 Å². The molecule has 0 spiro atoms. The Hall–Kier alpha value is -6.74. The first-order valence-electron chi connectivity index (χ1n) is 19.8. The van der Waals surface area contributed by atoms with Crippen LogP contribution in [0.15, 0.2) is 200 Å². The molecule has 10 aromatic rings. The number of benzene rings is 9. The largest absolute Gasteiger partial charge is 0.310 e. The van der Waals surface area contributed by atoms with Crippen molar-refractivity contribution in [1.82, 2.24) is 0 Å². The number of anilines is 3. The SMILES string of the molecule is CC1(C)c2ccccc2-c2ccc(N(c3ccc(-c4cccc5ccccc45)cc3)c3ccc4sc5ccccc5c4c3-c3ccc(-c4ccccc4)cc3)cc21. The Kier molecular flexibility index (Phi) is 7.77. The molecule has 0 fully saturated rings. The van der Waals surface area contributed by atoms with Crippen LogP contribution in [0.4, 0.5) is 17.1 Å². The predicted molar refractivity (Wildman–Crippen MR) is 245 cm³/mol. The standard InChI is InChI=1S/C55H39NS/c1-55(2)48-21-10-8-18-45(48)46-32-31-42(35-49(46)55)56(41-29-27-39(28-30-41)44-20-12-16-38-15-6-7-17-43(38)44)50-33-34-52-54(47-19-9-11-22-51(47)57-52)53(50)40-25-23-37(24-26-40)36-13-4-3-5-14-36/h3-35H,1-2H3. The van der Waals surface area contributed by atoms with Gasteiger partial charge in [0.05, 0.1) is 5.69 Å². The summed E-state index contributed by atoms with van der Waals surface area (Å²) in [5.74, 6) is 0. The Balaban J connectivity index is 1.15. The van der Waals surface area contributed by atoms with Gasteiger partial charge >= 0.3 is 0 Å². The molecule has 9 aromatic carbocycles. The number of thiophene rings is 1. The van der Waals surface area contributed by atoms with Gasteiger partial charge in [-0.2, -0.15) is 0 Å². The second-order valence-corrected chi connectivity index (χ2v) is 16.8. The summed E-state index contributed by atoms with van der Waals surface area (Å²) in [5.41, 5.74) is 16.0. The highest BCUT2D eigenvalue weighted by atomic mass is 32.1. The van der Waals surface area contributed by atoms with E-state index in [9.17, 15) is 0 Å². The molecule has 1 aliphatic rings. The van der Waals surface area contributed by atoms with Gasteiger partial charge in [-0.1, -0.05) is 172 Å². The second-order valence-electron chi connectivity index (χ2n) is 15.7. The Morgan fingerprint density at radius 2 is 1.02 bits per heavy atom. The normalized spacial score (nSPS) is 12.9. The van der Waals surface area contributed by atoms with E-state index in [-0.39, 0.29) is 5.41 Å². The summed E-state index contributed by atoms with van der Waals surface area (Å²) in [6.45, 7) is 4.74. The van der Waals surface area contributed by atoms with Crippen LogP contribution in [0.1, 0.15) is 25.0 Å². The molecule has 0 saturated heterocycles. The maximum atomic E-state index is 2.50. The lowest BCUT2D eigenvalue weighted by molar-refractivity contribution is 0.660. The summed E-state index contributed by atoms with van der Waals surface area (Å²) in [4.78, 5) is 2.50. The number of rotatable bonds is 6. The van der Waals surface area contributed by atoms with E-state index < -0.39 is 0 Å². The Labute approximate surface area is 337 Å². The van der Waals surface area contributed by atoms with Crippen molar-refractivity contribution in [2.24, 2.45) is 0 Å². The summed E-state index contributed by atoms with van der Waals surface area (Å²) in [6.07, 6.45) is 0. The molecule has 0 unspecified atom stereocenters. The van der Waals surface area contributed by atoms with Crippen molar-refractivity contribution < 1.29 is 0 Å². The Bertz CT molecular complexity index is 3130. The van der Waals surface area contributed by atoms with Crippen LogP contribution in [-0.4, -0.2) is 0 Å². The van der Waals surface area contributed by atoms with E-state index in [1.54, 1.807) is 0 Å². The van der Waals surface area contributed by atoms with Crippen molar-refractivity contribution in [3.05, 3.63) is 211 Å². The third kappa shape index (κ3) is 5.44. The van der Waals surface area contributed by atoms with Crippen molar-refractivity contribution in [3.63, 3.8) is 0 Å². The Morgan fingerprint density at radius 3 is 1.86 bits per heavy atom. The highest BCUT2D eigenvalue weighted by Gasteiger charge is 2.36. The van der Waals surface area contributed by atoms with E-state index in [0.29, 0.717) is 0 Å². The number of fused-ring (bicyclic) bond motifs is 7. The highest BCUT2D eigenvalue weighted by Crippen LogP contribution is 2.53. The van der Waals surface area contributed by atoms with Gasteiger partial charge in [-0.25, -0.2) is 0 Å². The zero-order valence-electron chi connectivity index (χ0n) is 31.9. The first-order chi connectivity index (χ1) is 28.0. The molecule has 270 valence electrons. The van der Waals surface area contributed by atoms with Gasteiger partial charge in [0.1, 0.15) is 0 Å². The van der Waals surface area contributed by atoms with Gasteiger partial charge in [-0.15, -0.1) is 11.3 Å². The summed E-state index contributed by atoms with van der Waals surface area (Å²) in [7, 11) is 0. The van der Waals surface area contributed by atoms with Crippen LogP contribution in [0.2, 0.25) is 0 Å². The van der Waals surface area contributed by atoms with Gasteiger partial charge in [0, 0.05) is 42.5 Å². The van der Waals surface area contributed by atoms with E-state index in [1.165, 1.54) is 86.6 Å². The average Bonchev–Trinajstić information content (AvgIpc) is 3.76. The summed E-state index contributed by atoms with van der Waals surface area (Å²) in [6, 6.07) is 73.9. The molecule has 0 aliphatic heterocycles. The predicted octanol–water partition coefficient (Wildman–Crippen LogP) is 16.0. The zero-order valence-corrected chi connectivity index (χ0v) is 32.7. The van der Waals surface area contributed by atoms with E-state index in [2.05, 4.69) is 219 Å². The maximum absolute atomic E-state index is 2.50. The van der Waals surface area contributed by atoms with Gasteiger partial charge in [0.25, 0.3) is 0 Å². The van der Waals surface area contributed by atoms with Crippen molar-refractivity contribution in [1.29, 1.82) is 0 Å². The zero-order chi connectivity index (χ0) is 38.1. The number of hydrogen-bond donors (Lipinski definition) is 0. The molecule has 1 aliphatic carbocycles. The second kappa shape index (κ2) is 13.2. The minimum absolute atomic E-state index is 0.130. The summed E-state index contributed by atoms with van der Waals surface area (Å²) >= 11 is 1.87. The van der Waals surface area contributed by atoms with Gasteiger partial charge in [0.15, 0.2) is 0 Å². The van der Waals surface area contributed by atoms with Crippen molar-refractivity contribution in [2.75, 3.05) is 4.90 Å². The van der Waals surface area contributed by atoms with Crippen LogP contribution in [0.3, 0.4) is 0 Å². The molecule has 57 heavy (non-hydrogen) atoms. The number of nitrogens with zero attached hydrogens (tertiary/aromatic N) is 1. The lowest BCUT2D eigenvalue weighted by atomic mass is 9.82. The van der Waals surface area contributed by atoms with Crippen molar-refractivity contribution in [3.8, 4) is 44.5 Å². The topological polar surface area (TPSA) is 3.24 Å². The van der Waals surface area contributed by atoms with E-state index in [1.807, 2.05) is 11.3 Å². The molecule has 0 radical (unpaired) electrons. The molecule has 0 bridgehead atoms. The van der Waals surface area contributed by atoms with Crippen molar-refractivity contribution >= 4 is 59.3 Å². The van der Waals surface area contributed by atoms with Crippen molar-refractivity contribution in [2.45, 2.75) is 19.3 Å². The minimum atomic E-state index is -0.130. The van der Waals surface area contributed by atoms with Gasteiger partial charge in [-0.05, 0) is 103 Å². The molecule has 0 atom stereocenters. The molecule has 0 N–H and O–H groups in total. The van der Waals surface area contributed by atoms with Crippen LogP contribution in [0, 0.1) is 0 Å². The molecule has 11 rings (SSSR count). The third-order valence-electron chi connectivity index (χ3n) is 12.1. The monoisotopic (exact) mass is 745 g/mol. The van der Waals surface area contributed by atoms with Crippen LogP contribution in [0.25, 0.3) is 75.5 Å². The third-order valence-corrected chi connectivity index (χ3v) is 13.2. The molecular weight excluding hydrogens is 707 g/mol. The lowest BCUT2D eigenvalue weighted by Crippen LogP contribution is -2.17. The van der Waals surface area contributed by atoms with Gasteiger partial charge < -0.3 is 4.90 Å². The van der Waals surface area contributed by atoms with E-state index >= 15 is 0 Å². The van der Waals surface area contributed by atoms with Crippen LogP contribution >= 0.6 is 11.3 Å². The molecule has 0 amide bonds. The lowest BCUT2D eigenvalue weighted by Gasteiger charge is -2.30. The quantitative estimate of drug-likeness (QED) is 0.164. The first kappa shape index (κ1) is 33.6. The molecule has 1 nitrogen and oxygen atoms in total. The summed E-state index contributed by atoms with van der Waals surface area (Å²) in [5, 5.41) is 5.10. The fourth-order valence-corrected chi connectivity index (χ4v) is 10.4. The number of hydrogen-bond acceptors (Lipinski definition) is 2. The fraction of sp³-hybridized carbons (Fsp3) is 0.0545. The molecule has 1 heterocycles. The average molecular weight is 746 g/mol. The summed E-state index contributed by atoms with van der Waals surface area (Å²) < 4.78 is 2.59. The first-order valence-corrected chi connectivity index (χ1v) is 20.6. The van der Waals surface area contributed by atoms with E-state index in [4.69, 9.17) is 0 Å². The maximum Gasteiger partial charge on any atom is 0.0547 e. The van der Waals surface area contributed by atoms with Gasteiger partial charge in [0.2, 0.25) is 0 Å². The molecule has 0 saturated carbocycles. The molecule has 2 heteroatoms. The fourth-order valence-electron chi connectivity index (χ4n) is 9.27. The highest BCUT2D eigenvalue weighted by molar-refractivity contribution is 7.26. The molecular formula is C55H39NS. The smallest absolute Gasteiger partial charge is 0.0547 e. The Morgan fingerprint density at radius 1 is 0.404 bits per heavy atom. The van der Waals surface area contributed by atoms with Gasteiger partial charge in [-0.3, -0.25) is 0 Å². The minimum Gasteiger partial charge on any atom is -0.310 e. The van der Waals surface area contributed by atoms with Crippen LogP contribution < -0.4 is 4.90 Å². The van der Waals surface area contributed by atoms with Crippen LogP contribution in [0.5, 0.6) is 0 Å².